The summed E-state index contributed by atoms with van der Waals surface area (Å²) >= 11 is 6.05. The summed E-state index contributed by atoms with van der Waals surface area (Å²) in [5.41, 5.74) is 7.72. The molecule has 0 bridgehead atoms. The van der Waals surface area contributed by atoms with E-state index in [1.807, 2.05) is 0 Å². The maximum absolute atomic E-state index is 10.4. The van der Waals surface area contributed by atoms with Gasteiger partial charge in [0.15, 0.2) is 0 Å². The summed E-state index contributed by atoms with van der Waals surface area (Å²) < 4.78 is 5.51. The number of rotatable bonds is 6. The van der Waals surface area contributed by atoms with Gasteiger partial charge in [-0.1, -0.05) is 24.9 Å². The molecule has 0 spiro atoms. The van der Waals surface area contributed by atoms with Gasteiger partial charge in [-0.2, -0.15) is 5.10 Å². The maximum atomic E-state index is 10.4. The Morgan fingerprint density at radius 2 is 2.39 bits per heavy atom. The molecule has 1 aromatic rings. The van der Waals surface area contributed by atoms with Gasteiger partial charge >= 0.3 is 6.03 Å². The van der Waals surface area contributed by atoms with Gasteiger partial charge in [0.25, 0.3) is 0 Å². The molecule has 0 radical (unpaired) electrons. The third-order valence-electron chi connectivity index (χ3n) is 2.10. The second kappa shape index (κ2) is 7.55. The number of nitrogens with zero attached hydrogens (tertiary/aromatic N) is 1. The third kappa shape index (κ3) is 5.05. The van der Waals surface area contributed by atoms with Crippen LogP contribution in [0, 0.1) is 0 Å². The van der Waals surface area contributed by atoms with Crippen molar-refractivity contribution in [1.29, 1.82) is 0 Å². The number of ether oxygens (including phenoxy) is 1. The zero-order valence-electron chi connectivity index (χ0n) is 10.1. The van der Waals surface area contributed by atoms with Gasteiger partial charge < -0.3 is 10.5 Å². The molecule has 18 heavy (non-hydrogen) atoms. The van der Waals surface area contributed by atoms with E-state index < -0.39 is 6.03 Å². The minimum atomic E-state index is -0.711. The number of urea groups is 1. The first-order valence-corrected chi connectivity index (χ1v) is 6.02. The van der Waals surface area contributed by atoms with Crippen LogP contribution in [0.5, 0.6) is 5.75 Å². The number of unbranched alkanes of at least 4 members (excludes halogenated alkanes) is 1. The largest absolute Gasteiger partial charge is 0.492 e. The van der Waals surface area contributed by atoms with Crippen molar-refractivity contribution in [2.24, 2.45) is 10.8 Å². The van der Waals surface area contributed by atoms with E-state index in [0.717, 1.165) is 18.4 Å². The molecule has 0 heterocycles. The average molecular weight is 270 g/mol. The Kier molecular flexibility index (Phi) is 6.00. The van der Waals surface area contributed by atoms with Crippen molar-refractivity contribution in [3.05, 3.63) is 28.8 Å². The topological polar surface area (TPSA) is 76.7 Å². The van der Waals surface area contributed by atoms with Crippen molar-refractivity contribution in [1.82, 2.24) is 5.43 Å². The quantitative estimate of drug-likeness (QED) is 0.473. The van der Waals surface area contributed by atoms with E-state index >= 15 is 0 Å². The molecule has 0 unspecified atom stereocenters. The van der Waals surface area contributed by atoms with Crippen LogP contribution in [0.3, 0.4) is 0 Å². The number of primary amides is 1. The molecule has 1 rings (SSSR count). The number of halogens is 1. The van der Waals surface area contributed by atoms with Crippen LogP contribution in [-0.2, 0) is 0 Å². The van der Waals surface area contributed by atoms with Crippen molar-refractivity contribution >= 4 is 23.8 Å². The molecular weight excluding hydrogens is 254 g/mol. The van der Waals surface area contributed by atoms with E-state index in [-0.39, 0.29) is 0 Å². The lowest BCUT2D eigenvalue weighted by atomic mass is 10.2. The number of hydrazone groups is 1. The maximum Gasteiger partial charge on any atom is 0.332 e. The summed E-state index contributed by atoms with van der Waals surface area (Å²) in [6, 6.07) is 4.55. The van der Waals surface area contributed by atoms with Crippen LogP contribution in [-0.4, -0.2) is 18.9 Å². The van der Waals surface area contributed by atoms with E-state index in [0.29, 0.717) is 17.4 Å². The van der Waals surface area contributed by atoms with Crippen LogP contribution in [0.25, 0.3) is 0 Å². The predicted octanol–water partition coefficient (Wildman–Crippen LogP) is 2.52. The highest BCUT2D eigenvalue weighted by Gasteiger charge is 2.01. The number of nitrogens with one attached hydrogen (secondary N) is 1. The highest BCUT2D eigenvalue weighted by molar-refractivity contribution is 6.32. The van der Waals surface area contributed by atoms with Crippen molar-refractivity contribution in [2.75, 3.05) is 6.61 Å². The van der Waals surface area contributed by atoms with Crippen LogP contribution in [0.15, 0.2) is 23.3 Å². The van der Waals surface area contributed by atoms with Crippen molar-refractivity contribution in [2.45, 2.75) is 19.8 Å². The Labute approximate surface area is 111 Å². The van der Waals surface area contributed by atoms with Gasteiger partial charge in [-0.05, 0) is 30.2 Å². The fourth-order valence-corrected chi connectivity index (χ4v) is 1.45. The van der Waals surface area contributed by atoms with Crippen molar-refractivity contribution < 1.29 is 9.53 Å². The first-order chi connectivity index (χ1) is 8.63. The Morgan fingerprint density at radius 3 is 3.00 bits per heavy atom. The summed E-state index contributed by atoms with van der Waals surface area (Å²) in [7, 11) is 0. The Morgan fingerprint density at radius 1 is 1.61 bits per heavy atom. The fraction of sp³-hybridized carbons (Fsp3) is 0.333. The number of carbonyl (C=O) groups is 1. The lowest BCUT2D eigenvalue weighted by Crippen LogP contribution is -2.24. The molecule has 98 valence electrons. The molecule has 3 N–H and O–H groups in total. The average Bonchev–Trinajstić information content (AvgIpc) is 2.31. The summed E-state index contributed by atoms with van der Waals surface area (Å²) in [6.07, 6.45) is 3.51. The highest BCUT2D eigenvalue weighted by atomic mass is 35.5. The molecule has 0 aliphatic carbocycles. The fourth-order valence-electron chi connectivity index (χ4n) is 1.21. The zero-order chi connectivity index (χ0) is 13.4. The van der Waals surface area contributed by atoms with Gasteiger partial charge in [-0.25, -0.2) is 10.2 Å². The number of hydrogen-bond donors (Lipinski definition) is 2. The number of carbonyl (C=O) groups excluding carboxylic acids is 1. The number of hydrogen-bond acceptors (Lipinski definition) is 3. The van der Waals surface area contributed by atoms with Gasteiger partial charge in [0.1, 0.15) is 5.75 Å². The molecule has 1 aromatic carbocycles. The van der Waals surface area contributed by atoms with Gasteiger partial charge in [-0.15, -0.1) is 0 Å². The Balaban J connectivity index is 2.61. The summed E-state index contributed by atoms with van der Waals surface area (Å²) in [5, 5.41) is 4.15. The van der Waals surface area contributed by atoms with Crippen molar-refractivity contribution in [3.63, 3.8) is 0 Å². The first kappa shape index (κ1) is 14.3. The molecular formula is C12H16ClN3O2. The van der Waals surface area contributed by atoms with Crippen molar-refractivity contribution in [3.8, 4) is 5.75 Å². The van der Waals surface area contributed by atoms with E-state index in [4.69, 9.17) is 22.1 Å². The molecule has 6 heteroatoms. The van der Waals surface area contributed by atoms with Crippen LogP contribution in [0.2, 0.25) is 5.02 Å². The lowest BCUT2D eigenvalue weighted by molar-refractivity contribution is 0.249. The van der Waals surface area contributed by atoms with Gasteiger partial charge in [0.2, 0.25) is 0 Å². The summed E-state index contributed by atoms with van der Waals surface area (Å²) in [4.78, 5) is 10.4. The van der Waals surface area contributed by atoms with Crippen LogP contribution < -0.4 is 15.9 Å². The SMILES string of the molecule is CCCCOc1ccc(C=NNC(N)=O)cc1Cl. The van der Waals surface area contributed by atoms with Gasteiger partial charge in [0.05, 0.1) is 17.8 Å². The molecule has 0 saturated heterocycles. The predicted molar refractivity (Wildman–Crippen MR) is 72.2 cm³/mol. The molecule has 0 atom stereocenters. The molecule has 0 aromatic heterocycles. The summed E-state index contributed by atoms with van der Waals surface area (Å²) in [5.74, 6) is 0.644. The monoisotopic (exact) mass is 269 g/mol. The van der Waals surface area contributed by atoms with E-state index in [2.05, 4.69) is 17.5 Å². The van der Waals surface area contributed by atoms with Gasteiger partial charge in [0, 0.05) is 0 Å². The van der Waals surface area contributed by atoms with E-state index in [9.17, 15) is 4.79 Å². The second-order valence-corrected chi connectivity index (χ2v) is 4.03. The van der Waals surface area contributed by atoms with Crippen LogP contribution >= 0.6 is 11.6 Å². The van der Waals surface area contributed by atoms with E-state index in [1.54, 1.807) is 18.2 Å². The minimum absolute atomic E-state index is 0.508. The lowest BCUT2D eigenvalue weighted by Gasteiger charge is -2.07. The molecule has 2 amide bonds. The second-order valence-electron chi connectivity index (χ2n) is 3.63. The summed E-state index contributed by atoms with van der Waals surface area (Å²) in [6.45, 7) is 2.74. The normalized spacial score (nSPS) is 10.6. The highest BCUT2D eigenvalue weighted by Crippen LogP contribution is 2.25. The molecule has 5 nitrogen and oxygen atoms in total. The third-order valence-corrected chi connectivity index (χ3v) is 2.40. The minimum Gasteiger partial charge on any atom is -0.492 e. The standard InChI is InChI=1S/C12H16ClN3O2/c1-2-3-6-18-11-5-4-9(7-10(11)13)8-15-16-12(14)17/h4-5,7-8H,2-3,6H2,1H3,(H3,14,16,17). The Bertz CT molecular complexity index is 435. The molecule has 0 aliphatic rings. The van der Waals surface area contributed by atoms with Gasteiger partial charge in [-0.3, -0.25) is 0 Å². The van der Waals surface area contributed by atoms with Crippen LogP contribution in [0.1, 0.15) is 25.3 Å². The first-order valence-electron chi connectivity index (χ1n) is 5.64. The zero-order valence-corrected chi connectivity index (χ0v) is 10.9. The number of nitrogens with two attached hydrogens (primary N) is 1. The molecule has 0 saturated carbocycles. The molecule has 0 aliphatic heterocycles. The van der Waals surface area contributed by atoms with Crippen LogP contribution in [0.4, 0.5) is 4.79 Å². The number of benzene rings is 1. The number of amides is 2. The smallest absolute Gasteiger partial charge is 0.332 e. The molecule has 0 fully saturated rings. The van der Waals surface area contributed by atoms with E-state index in [1.165, 1.54) is 6.21 Å². The Hall–Kier alpha value is -1.75.